The number of halogens is 2. The van der Waals surface area contributed by atoms with E-state index < -0.39 is 0 Å². The first-order chi connectivity index (χ1) is 12.0. The normalized spacial score (nSPS) is 10.4. The second-order valence-corrected chi connectivity index (χ2v) is 5.77. The predicted molar refractivity (Wildman–Crippen MR) is 95.9 cm³/mol. The van der Waals surface area contributed by atoms with Gasteiger partial charge in [0, 0.05) is 16.4 Å². The van der Waals surface area contributed by atoms with E-state index in [4.69, 9.17) is 11.6 Å². The number of nitrogens with zero attached hydrogens (tertiary/aromatic N) is 2. The first kappa shape index (κ1) is 16.9. The van der Waals surface area contributed by atoms with E-state index in [0.29, 0.717) is 22.2 Å². The number of aromatic nitrogens is 2. The first-order valence-electron chi connectivity index (χ1n) is 7.43. The number of anilines is 3. The van der Waals surface area contributed by atoms with Crippen molar-refractivity contribution < 1.29 is 9.18 Å². The number of amides is 1. The molecule has 126 valence electrons. The summed E-state index contributed by atoms with van der Waals surface area (Å²) in [6.45, 7) is 1.85. The Balaban J connectivity index is 1.68. The topological polar surface area (TPSA) is 66.9 Å². The van der Waals surface area contributed by atoms with Gasteiger partial charge in [-0.3, -0.25) is 4.79 Å². The lowest BCUT2D eigenvalue weighted by Crippen LogP contribution is -2.15. The minimum atomic E-state index is -0.369. The van der Waals surface area contributed by atoms with Crippen LogP contribution < -0.4 is 10.6 Å². The fourth-order valence-corrected chi connectivity index (χ4v) is 2.37. The van der Waals surface area contributed by atoms with Gasteiger partial charge in [0.2, 0.25) is 0 Å². The zero-order valence-corrected chi connectivity index (χ0v) is 14.0. The van der Waals surface area contributed by atoms with Crippen molar-refractivity contribution >= 4 is 34.7 Å². The summed E-state index contributed by atoms with van der Waals surface area (Å²) in [5.74, 6) is -0.238. The standard InChI is InChI=1S/C18H14ClFN4O/c1-11-8-12(19)2-7-15(11)24-18(25)16-9-22-17(10-21-16)23-14-5-3-13(20)4-6-14/h2-10H,1H3,(H,22,23)(H,24,25). The molecule has 0 aliphatic heterocycles. The summed E-state index contributed by atoms with van der Waals surface area (Å²) in [5, 5.41) is 6.35. The van der Waals surface area contributed by atoms with E-state index in [-0.39, 0.29) is 17.4 Å². The van der Waals surface area contributed by atoms with Gasteiger partial charge in [-0.25, -0.2) is 14.4 Å². The molecule has 0 saturated heterocycles. The van der Waals surface area contributed by atoms with Gasteiger partial charge < -0.3 is 10.6 Å². The lowest BCUT2D eigenvalue weighted by Gasteiger charge is -2.09. The molecule has 3 aromatic rings. The molecule has 0 unspecified atom stereocenters. The number of benzene rings is 2. The fraction of sp³-hybridized carbons (Fsp3) is 0.0556. The molecule has 3 rings (SSSR count). The summed E-state index contributed by atoms with van der Waals surface area (Å²) >= 11 is 5.90. The van der Waals surface area contributed by atoms with Gasteiger partial charge in [-0.2, -0.15) is 0 Å². The smallest absolute Gasteiger partial charge is 0.275 e. The lowest BCUT2D eigenvalue weighted by molar-refractivity contribution is 0.102. The molecule has 0 aliphatic carbocycles. The van der Waals surface area contributed by atoms with Crippen LogP contribution in [0.1, 0.15) is 16.1 Å². The highest BCUT2D eigenvalue weighted by Crippen LogP contribution is 2.20. The van der Waals surface area contributed by atoms with Crippen molar-refractivity contribution in [2.24, 2.45) is 0 Å². The fourth-order valence-electron chi connectivity index (χ4n) is 2.14. The molecule has 0 spiro atoms. The SMILES string of the molecule is Cc1cc(Cl)ccc1NC(=O)c1cnc(Nc2ccc(F)cc2)cn1. The summed E-state index contributed by atoms with van der Waals surface area (Å²) in [4.78, 5) is 20.5. The van der Waals surface area contributed by atoms with E-state index in [9.17, 15) is 9.18 Å². The summed E-state index contributed by atoms with van der Waals surface area (Å²) in [6.07, 6.45) is 2.80. The van der Waals surface area contributed by atoms with Gasteiger partial charge in [0.05, 0.1) is 12.4 Å². The molecule has 2 aromatic carbocycles. The van der Waals surface area contributed by atoms with Crippen LogP contribution in [-0.4, -0.2) is 15.9 Å². The van der Waals surface area contributed by atoms with Crippen molar-refractivity contribution in [3.05, 3.63) is 77.0 Å². The molecule has 1 aromatic heterocycles. The Kier molecular flexibility index (Phi) is 4.90. The van der Waals surface area contributed by atoms with Crippen LogP contribution in [-0.2, 0) is 0 Å². The van der Waals surface area contributed by atoms with Gasteiger partial charge in [-0.1, -0.05) is 11.6 Å². The molecule has 25 heavy (non-hydrogen) atoms. The van der Waals surface area contributed by atoms with Gasteiger partial charge in [-0.15, -0.1) is 0 Å². The average Bonchev–Trinajstić information content (AvgIpc) is 2.60. The number of carbonyl (C=O) groups excluding carboxylic acids is 1. The van der Waals surface area contributed by atoms with Crippen LogP contribution in [0.5, 0.6) is 0 Å². The molecular weight excluding hydrogens is 343 g/mol. The molecule has 0 bridgehead atoms. The lowest BCUT2D eigenvalue weighted by atomic mass is 10.2. The quantitative estimate of drug-likeness (QED) is 0.718. The maximum Gasteiger partial charge on any atom is 0.275 e. The predicted octanol–water partition coefficient (Wildman–Crippen LogP) is 4.57. The summed E-state index contributed by atoms with van der Waals surface area (Å²) in [7, 11) is 0. The van der Waals surface area contributed by atoms with E-state index in [1.54, 1.807) is 30.3 Å². The average molecular weight is 357 g/mol. The van der Waals surface area contributed by atoms with E-state index >= 15 is 0 Å². The van der Waals surface area contributed by atoms with Crippen LogP contribution in [0.3, 0.4) is 0 Å². The molecule has 1 heterocycles. The summed E-state index contributed by atoms with van der Waals surface area (Å²) in [6, 6.07) is 11.0. The third-order valence-corrected chi connectivity index (χ3v) is 3.67. The van der Waals surface area contributed by atoms with E-state index in [1.165, 1.54) is 24.5 Å². The Morgan fingerprint density at radius 1 is 1.08 bits per heavy atom. The molecule has 0 atom stereocenters. The molecule has 0 radical (unpaired) electrons. The van der Waals surface area contributed by atoms with Crippen molar-refractivity contribution in [2.75, 3.05) is 10.6 Å². The number of hydrogen-bond donors (Lipinski definition) is 2. The number of carbonyl (C=O) groups is 1. The molecule has 0 saturated carbocycles. The van der Waals surface area contributed by atoms with Crippen LogP contribution in [0.25, 0.3) is 0 Å². The molecule has 7 heteroatoms. The Hall–Kier alpha value is -2.99. The van der Waals surface area contributed by atoms with Gasteiger partial charge >= 0.3 is 0 Å². The van der Waals surface area contributed by atoms with Crippen LogP contribution in [0.15, 0.2) is 54.9 Å². The molecule has 2 N–H and O–H groups in total. The molecule has 1 amide bonds. The molecule has 0 fully saturated rings. The van der Waals surface area contributed by atoms with Crippen molar-refractivity contribution in [1.82, 2.24) is 9.97 Å². The number of hydrogen-bond acceptors (Lipinski definition) is 4. The highest BCUT2D eigenvalue weighted by Gasteiger charge is 2.10. The van der Waals surface area contributed by atoms with Crippen LogP contribution in [0, 0.1) is 12.7 Å². The van der Waals surface area contributed by atoms with E-state index in [2.05, 4.69) is 20.6 Å². The van der Waals surface area contributed by atoms with Crippen molar-refractivity contribution in [1.29, 1.82) is 0 Å². The van der Waals surface area contributed by atoms with E-state index in [0.717, 1.165) is 5.56 Å². The highest BCUT2D eigenvalue weighted by molar-refractivity contribution is 6.30. The highest BCUT2D eigenvalue weighted by atomic mass is 35.5. The van der Waals surface area contributed by atoms with Crippen molar-refractivity contribution in [2.45, 2.75) is 6.92 Å². The second-order valence-electron chi connectivity index (χ2n) is 5.33. The third kappa shape index (κ3) is 4.30. The summed E-state index contributed by atoms with van der Waals surface area (Å²) in [5.41, 5.74) is 2.36. The van der Waals surface area contributed by atoms with Gasteiger partial charge in [0.25, 0.3) is 5.91 Å². The van der Waals surface area contributed by atoms with Gasteiger partial charge in [-0.05, 0) is 55.0 Å². The maximum atomic E-state index is 12.9. The Labute approximate surface area is 148 Å². The van der Waals surface area contributed by atoms with Crippen LogP contribution in [0.2, 0.25) is 5.02 Å². The van der Waals surface area contributed by atoms with Gasteiger partial charge in [0.1, 0.15) is 17.3 Å². The molecule has 5 nitrogen and oxygen atoms in total. The zero-order valence-electron chi connectivity index (χ0n) is 13.3. The minimum absolute atomic E-state index is 0.180. The number of rotatable bonds is 4. The van der Waals surface area contributed by atoms with Crippen LogP contribution >= 0.6 is 11.6 Å². The summed E-state index contributed by atoms with van der Waals surface area (Å²) < 4.78 is 12.9. The monoisotopic (exact) mass is 356 g/mol. The second kappa shape index (κ2) is 7.27. The largest absolute Gasteiger partial charge is 0.339 e. The Morgan fingerprint density at radius 2 is 1.84 bits per heavy atom. The van der Waals surface area contributed by atoms with Gasteiger partial charge in [0.15, 0.2) is 0 Å². The Bertz CT molecular complexity index is 898. The van der Waals surface area contributed by atoms with E-state index in [1.807, 2.05) is 6.92 Å². The minimum Gasteiger partial charge on any atom is -0.339 e. The van der Waals surface area contributed by atoms with Crippen molar-refractivity contribution in [3.8, 4) is 0 Å². The zero-order chi connectivity index (χ0) is 17.8. The van der Waals surface area contributed by atoms with Crippen molar-refractivity contribution in [3.63, 3.8) is 0 Å². The molecular formula is C18H14ClFN4O. The maximum absolute atomic E-state index is 12.9. The third-order valence-electron chi connectivity index (χ3n) is 3.44. The number of nitrogens with one attached hydrogen (secondary N) is 2. The first-order valence-corrected chi connectivity index (χ1v) is 7.81. The number of aryl methyl sites for hydroxylation is 1. The Morgan fingerprint density at radius 3 is 2.48 bits per heavy atom. The molecule has 0 aliphatic rings. The van der Waals surface area contributed by atoms with Crippen LogP contribution in [0.4, 0.5) is 21.6 Å².